The molecule has 3 heterocycles. The van der Waals surface area contributed by atoms with Crippen LogP contribution in [0.4, 0.5) is 4.79 Å². The fourth-order valence-corrected chi connectivity index (χ4v) is 4.48. The lowest BCUT2D eigenvalue weighted by atomic mass is 9.85. The third-order valence-electron chi connectivity index (χ3n) is 6.35. The number of hydrogen-bond acceptors (Lipinski definition) is 4. The molecule has 6 heteroatoms. The number of likely N-dealkylation sites (tertiary alicyclic amines) is 1. The van der Waals surface area contributed by atoms with Gasteiger partial charge in [0.05, 0.1) is 0 Å². The first-order valence-corrected chi connectivity index (χ1v) is 10.3. The molecule has 0 aliphatic carbocycles. The topological polar surface area (TPSA) is 56.8 Å². The summed E-state index contributed by atoms with van der Waals surface area (Å²) in [5.41, 5.74) is 0.518. The Morgan fingerprint density at radius 3 is 2.56 bits per heavy atom. The normalized spacial score (nSPS) is 21.3. The highest BCUT2D eigenvalue weighted by Gasteiger charge is 2.57. The standard InChI is InChI=1S/C21H32N4O2/c1-4-17(3)23-14-10-21(11-15-23)19(26)24(20(27)25(21)5-2)13-7-9-18-8-6-12-22-16-18/h6,8,12,16-17H,4-5,7,9-11,13-15H2,1-3H3/t17-/m0/s1. The first-order valence-electron chi connectivity index (χ1n) is 10.3. The van der Waals surface area contributed by atoms with Crippen LogP contribution in [-0.4, -0.2) is 69.4 Å². The van der Waals surface area contributed by atoms with E-state index < -0.39 is 5.54 Å². The molecule has 2 aliphatic heterocycles. The Hall–Kier alpha value is -1.95. The number of carbonyl (C=O) groups excluding carboxylic acids is 2. The van der Waals surface area contributed by atoms with Gasteiger partial charge in [0.2, 0.25) is 0 Å². The zero-order chi connectivity index (χ0) is 19.4. The van der Waals surface area contributed by atoms with Crippen molar-refractivity contribution in [2.24, 2.45) is 0 Å². The van der Waals surface area contributed by atoms with Crippen molar-refractivity contribution in [3.63, 3.8) is 0 Å². The smallest absolute Gasteiger partial charge is 0.310 e. The summed E-state index contributed by atoms with van der Waals surface area (Å²) in [6.07, 6.45) is 7.80. The molecule has 2 aliphatic rings. The second-order valence-electron chi connectivity index (χ2n) is 7.77. The maximum atomic E-state index is 13.3. The van der Waals surface area contributed by atoms with Gasteiger partial charge in [0.1, 0.15) is 5.54 Å². The second kappa shape index (κ2) is 8.38. The van der Waals surface area contributed by atoms with Crippen molar-refractivity contribution < 1.29 is 9.59 Å². The maximum absolute atomic E-state index is 13.3. The van der Waals surface area contributed by atoms with Gasteiger partial charge in [0.15, 0.2) is 0 Å². The van der Waals surface area contributed by atoms with Gasteiger partial charge in [-0.2, -0.15) is 0 Å². The van der Waals surface area contributed by atoms with Gasteiger partial charge in [-0.15, -0.1) is 0 Å². The van der Waals surface area contributed by atoms with Gasteiger partial charge >= 0.3 is 6.03 Å². The number of aryl methyl sites for hydroxylation is 1. The average molecular weight is 373 g/mol. The van der Waals surface area contributed by atoms with Crippen LogP contribution in [-0.2, 0) is 11.2 Å². The van der Waals surface area contributed by atoms with Gasteiger partial charge in [0.25, 0.3) is 5.91 Å². The van der Waals surface area contributed by atoms with Crippen molar-refractivity contribution >= 4 is 11.9 Å². The minimum atomic E-state index is -0.621. The van der Waals surface area contributed by atoms with Crippen LogP contribution in [0.25, 0.3) is 0 Å². The summed E-state index contributed by atoms with van der Waals surface area (Å²) < 4.78 is 0. The Bertz CT molecular complexity index is 655. The van der Waals surface area contributed by atoms with Crippen LogP contribution in [0.5, 0.6) is 0 Å². The fourth-order valence-electron chi connectivity index (χ4n) is 4.48. The predicted octanol–water partition coefficient (Wildman–Crippen LogP) is 2.93. The zero-order valence-corrected chi connectivity index (χ0v) is 16.9. The van der Waals surface area contributed by atoms with E-state index in [-0.39, 0.29) is 11.9 Å². The van der Waals surface area contributed by atoms with Crippen LogP contribution in [0, 0.1) is 0 Å². The molecule has 0 aromatic carbocycles. The molecule has 3 amide bonds. The van der Waals surface area contributed by atoms with Crippen LogP contribution < -0.4 is 0 Å². The van der Waals surface area contributed by atoms with Crippen LogP contribution in [0.2, 0.25) is 0 Å². The lowest BCUT2D eigenvalue weighted by Crippen LogP contribution is -2.57. The van der Waals surface area contributed by atoms with Gasteiger partial charge < -0.3 is 9.80 Å². The summed E-state index contributed by atoms with van der Waals surface area (Å²) in [4.78, 5) is 36.1. The van der Waals surface area contributed by atoms with Crippen LogP contribution >= 0.6 is 0 Å². The lowest BCUT2D eigenvalue weighted by molar-refractivity contribution is -0.136. The van der Waals surface area contributed by atoms with E-state index in [1.54, 1.807) is 6.20 Å². The van der Waals surface area contributed by atoms with E-state index in [0.717, 1.165) is 50.8 Å². The van der Waals surface area contributed by atoms with Gasteiger partial charge in [-0.25, -0.2) is 4.79 Å². The Kier molecular flexibility index (Phi) is 6.15. The summed E-state index contributed by atoms with van der Waals surface area (Å²) in [7, 11) is 0. The van der Waals surface area contributed by atoms with E-state index in [1.165, 1.54) is 4.90 Å². The lowest BCUT2D eigenvalue weighted by Gasteiger charge is -2.43. The van der Waals surface area contributed by atoms with Crippen LogP contribution in [0.1, 0.15) is 52.0 Å². The molecule has 1 aromatic heterocycles. The summed E-state index contributed by atoms with van der Waals surface area (Å²) >= 11 is 0. The quantitative estimate of drug-likeness (QED) is 0.691. The van der Waals surface area contributed by atoms with E-state index in [1.807, 2.05) is 30.2 Å². The van der Waals surface area contributed by atoms with Crippen LogP contribution in [0.3, 0.4) is 0 Å². The third-order valence-corrected chi connectivity index (χ3v) is 6.35. The van der Waals surface area contributed by atoms with Gasteiger partial charge in [-0.05, 0) is 57.6 Å². The first kappa shape index (κ1) is 19.8. The van der Waals surface area contributed by atoms with Crippen molar-refractivity contribution in [1.29, 1.82) is 0 Å². The highest BCUT2D eigenvalue weighted by Crippen LogP contribution is 2.37. The van der Waals surface area contributed by atoms with Crippen molar-refractivity contribution in [2.75, 3.05) is 26.2 Å². The summed E-state index contributed by atoms with van der Waals surface area (Å²) in [6, 6.07) is 4.37. The molecule has 2 saturated heterocycles. The van der Waals surface area contributed by atoms with Crippen LogP contribution in [0.15, 0.2) is 24.5 Å². The van der Waals surface area contributed by atoms with Crippen molar-refractivity contribution in [2.45, 2.75) is 64.5 Å². The molecule has 6 nitrogen and oxygen atoms in total. The number of imide groups is 1. The SMILES string of the molecule is CC[C@H](C)N1CCC2(CC1)C(=O)N(CCCc1cccnc1)C(=O)N2CC. The Balaban J connectivity index is 1.66. The highest BCUT2D eigenvalue weighted by molar-refractivity contribution is 6.07. The Labute approximate surface area is 162 Å². The van der Waals surface area contributed by atoms with Crippen molar-refractivity contribution in [3.8, 4) is 0 Å². The molecule has 0 bridgehead atoms. The third kappa shape index (κ3) is 3.72. The number of rotatable bonds is 7. The molecule has 2 fully saturated rings. The van der Waals surface area contributed by atoms with Crippen molar-refractivity contribution in [3.05, 3.63) is 30.1 Å². The summed E-state index contributed by atoms with van der Waals surface area (Å²) in [5.74, 6) is 0.0179. The molecule has 1 spiro atoms. The van der Waals surface area contributed by atoms with E-state index in [2.05, 4.69) is 23.7 Å². The number of hydrogen-bond donors (Lipinski definition) is 0. The summed E-state index contributed by atoms with van der Waals surface area (Å²) in [5, 5.41) is 0. The highest BCUT2D eigenvalue weighted by atomic mass is 16.2. The molecule has 0 radical (unpaired) electrons. The minimum Gasteiger partial charge on any atom is -0.310 e. The zero-order valence-electron chi connectivity index (χ0n) is 16.9. The number of piperidine rings is 1. The molecule has 3 rings (SSSR count). The maximum Gasteiger partial charge on any atom is 0.327 e. The van der Waals surface area contributed by atoms with E-state index in [0.29, 0.717) is 19.1 Å². The molecule has 0 saturated carbocycles. The molecule has 1 aromatic rings. The monoisotopic (exact) mass is 372 g/mol. The van der Waals surface area contributed by atoms with E-state index in [4.69, 9.17) is 0 Å². The van der Waals surface area contributed by atoms with Gasteiger partial charge in [-0.1, -0.05) is 13.0 Å². The Morgan fingerprint density at radius 2 is 1.96 bits per heavy atom. The second-order valence-corrected chi connectivity index (χ2v) is 7.77. The molecular formula is C21H32N4O2. The fraction of sp³-hybridized carbons (Fsp3) is 0.667. The van der Waals surface area contributed by atoms with Gasteiger partial charge in [0, 0.05) is 44.6 Å². The number of nitrogens with zero attached hydrogens (tertiary/aromatic N) is 4. The molecular weight excluding hydrogens is 340 g/mol. The molecule has 27 heavy (non-hydrogen) atoms. The van der Waals surface area contributed by atoms with Crippen molar-refractivity contribution in [1.82, 2.24) is 19.7 Å². The number of pyridine rings is 1. The number of urea groups is 1. The molecule has 1 atom stereocenters. The summed E-state index contributed by atoms with van der Waals surface area (Å²) in [6.45, 7) is 9.26. The molecule has 148 valence electrons. The Morgan fingerprint density at radius 1 is 1.22 bits per heavy atom. The number of likely N-dealkylation sites (N-methyl/N-ethyl adjacent to an activating group) is 1. The first-order chi connectivity index (χ1) is 13.0. The van der Waals surface area contributed by atoms with E-state index >= 15 is 0 Å². The largest absolute Gasteiger partial charge is 0.327 e. The number of amides is 3. The van der Waals surface area contributed by atoms with E-state index in [9.17, 15) is 9.59 Å². The minimum absolute atomic E-state index is 0.0179. The predicted molar refractivity (Wildman–Crippen MR) is 105 cm³/mol. The number of aromatic nitrogens is 1. The number of carbonyl (C=O) groups is 2. The average Bonchev–Trinajstić information content (AvgIpc) is 2.89. The van der Waals surface area contributed by atoms with Gasteiger partial charge in [-0.3, -0.25) is 14.7 Å². The molecule has 0 unspecified atom stereocenters. The molecule has 0 N–H and O–H groups in total.